The SMILES string of the molecule is Cc1ccc(C(=O)CSc2nnc(NC(=O)[C@H]3C[C@H]3c3ccccc3)s2)c(C)c1. The van der Waals surface area contributed by atoms with Crippen LogP contribution in [-0.2, 0) is 4.79 Å². The molecule has 0 bridgehead atoms. The van der Waals surface area contributed by atoms with Crippen LogP contribution in [0.1, 0.15) is 39.4 Å². The van der Waals surface area contributed by atoms with Crippen LogP contribution < -0.4 is 5.32 Å². The molecule has 0 saturated heterocycles. The first-order valence-electron chi connectivity index (χ1n) is 9.44. The normalized spacial score (nSPS) is 17.7. The number of hydrogen-bond acceptors (Lipinski definition) is 6. The van der Waals surface area contributed by atoms with Crippen LogP contribution in [0.2, 0.25) is 0 Å². The van der Waals surface area contributed by atoms with Crippen LogP contribution in [0.3, 0.4) is 0 Å². The van der Waals surface area contributed by atoms with Crippen molar-refractivity contribution in [3.8, 4) is 0 Å². The number of benzene rings is 2. The summed E-state index contributed by atoms with van der Waals surface area (Å²) < 4.78 is 0.675. The molecule has 1 heterocycles. The van der Waals surface area contributed by atoms with E-state index in [9.17, 15) is 9.59 Å². The Morgan fingerprint density at radius 1 is 1.14 bits per heavy atom. The third-order valence-electron chi connectivity index (χ3n) is 5.00. The largest absolute Gasteiger partial charge is 0.300 e. The maximum atomic E-state index is 12.5. The third-order valence-corrected chi connectivity index (χ3v) is 6.97. The highest BCUT2D eigenvalue weighted by Crippen LogP contribution is 2.48. The molecule has 0 radical (unpaired) electrons. The van der Waals surface area contributed by atoms with Crippen molar-refractivity contribution in [2.45, 2.75) is 30.5 Å². The predicted octanol–water partition coefficient (Wildman–Crippen LogP) is 4.87. The second kappa shape index (κ2) is 8.47. The van der Waals surface area contributed by atoms with Gasteiger partial charge in [-0.05, 0) is 37.3 Å². The lowest BCUT2D eigenvalue weighted by Gasteiger charge is -2.04. The Bertz CT molecular complexity index is 1050. The standard InChI is InChI=1S/C22H21N3O2S2/c1-13-8-9-16(14(2)10-13)19(26)12-28-22-25-24-21(29-22)23-20(27)18-11-17(18)15-6-4-3-5-7-15/h3-10,17-18H,11-12H2,1-2H3,(H,23,24,27)/t17-,18-/m0/s1. The molecule has 1 amide bonds. The van der Waals surface area contributed by atoms with E-state index in [4.69, 9.17) is 0 Å². The molecule has 2 atom stereocenters. The van der Waals surface area contributed by atoms with Gasteiger partial charge in [-0.1, -0.05) is 77.2 Å². The van der Waals surface area contributed by atoms with Gasteiger partial charge in [0.25, 0.3) is 0 Å². The fraction of sp³-hybridized carbons (Fsp3) is 0.273. The molecule has 148 valence electrons. The Labute approximate surface area is 178 Å². The van der Waals surface area contributed by atoms with Gasteiger partial charge in [0, 0.05) is 11.5 Å². The van der Waals surface area contributed by atoms with Crippen molar-refractivity contribution in [3.63, 3.8) is 0 Å². The van der Waals surface area contributed by atoms with E-state index in [-0.39, 0.29) is 23.5 Å². The lowest BCUT2D eigenvalue weighted by Crippen LogP contribution is -2.14. The Morgan fingerprint density at radius 3 is 2.69 bits per heavy atom. The molecule has 1 N–H and O–H groups in total. The lowest BCUT2D eigenvalue weighted by atomic mass is 10.0. The van der Waals surface area contributed by atoms with Crippen molar-refractivity contribution in [1.29, 1.82) is 0 Å². The molecule has 0 spiro atoms. The number of ketones is 1. The number of aromatic nitrogens is 2. The van der Waals surface area contributed by atoms with Gasteiger partial charge in [-0.25, -0.2) is 0 Å². The van der Waals surface area contributed by atoms with Gasteiger partial charge in [0.1, 0.15) is 0 Å². The summed E-state index contributed by atoms with van der Waals surface area (Å²) in [5, 5.41) is 11.5. The summed E-state index contributed by atoms with van der Waals surface area (Å²) in [7, 11) is 0. The number of thioether (sulfide) groups is 1. The summed E-state index contributed by atoms with van der Waals surface area (Å²) in [5.41, 5.74) is 4.06. The summed E-state index contributed by atoms with van der Waals surface area (Å²) in [6, 6.07) is 15.9. The van der Waals surface area contributed by atoms with Crippen LogP contribution in [0, 0.1) is 19.8 Å². The van der Waals surface area contributed by atoms with Gasteiger partial charge in [0.05, 0.1) is 5.75 Å². The number of Topliss-reactive ketones (excluding diaryl/α,β-unsaturated/α-hetero) is 1. The fourth-order valence-electron chi connectivity index (χ4n) is 3.40. The van der Waals surface area contributed by atoms with Gasteiger partial charge in [-0.15, -0.1) is 10.2 Å². The number of carbonyl (C=O) groups excluding carboxylic acids is 2. The number of hydrogen-bond donors (Lipinski definition) is 1. The number of anilines is 1. The summed E-state index contributed by atoms with van der Waals surface area (Å²) in [5.74, 6) is 0.622. The zero-order chi connectivity index (χ0) is 20.4. The average molecular weight is 424 g/mol. The molecule has 4 rings (SSSR count). The van der Waals surface area contributed by atoms with E-state index in [1.54, 1.807) is 0 Å². The van der Waals surface area contributed by atoms with Gasteiger partial charge in [0.2, 0.25) is 11.0 Å². The van der Waals surface area contributed by atoms with Crippen LogP contribution in [0.15, 0.2) is 52.9 Å². The zero-order valence-electron chi connectivity index (χ0n) is 16.2. The Kier molecular flexibility index (Phi) is 5.78. The zero-order valence-corrected chi connectivity index (χ0v) is 17.8. The molecular formula is C22H21N3O2S2. The molecule has 1 aliphatic carbocycles. The smallest absolute Gasteiger partial charge is 0.229 e. The molecule has 1 saturated carbocycles. The molecule has 3 aromatic rings. The maximum Gasteiger partial charge on any atom is 0.229 e. The van der Waals surface area contributed by atoms with Gasteiger partial charge >= 0.3 is 0 Å². The fourth-order valence-corrected chi connectivity index (χ4v) is 5.04. The summed E-state index contributed by atoms with van der Waals surface area (Å²) in [6.07, 6.45) is 0.862. The average Bonchev–Trinajstić information content (AvgIpc) is 3.40. The van der Waals surface area contributed by atoms with Crippen LogP contribution in [-0.4, -0.2) is 27.6 Å². The predicted molar refractivity (Wildman–Crippen MR) is 117 cm³/mol. The highest BCUT2D eigenvalue weighted by molar-refractivity contribution is 8.01. The minimum atomic E-state index is -0.0158. The number of nitrogens with one attached hydrogen (secondary N) is 1. The Hall–Kier alpha value is -2.51. The maximum absolute atomic E-state index is 12.5. The van der Waals surface area contributed by atoms with Crippen molar-refractivity contribution < 1.29 is 9.59 Å². The molecule has 2 aromatic carbocycles. The van der Waals surface area contributed by atoms with E-state index < -0.39 is 0 Å². The number of rotatable bonds is 7. The van der Waals surface area contributed by atoms with Crippen molar-refractivity contribution in [1.82, 2.24) is 10.2 Å². The minimum absolute atomic E-state index is 0.0107. The summed E-state index contributed by atoms with van der Waals surface area (Å²) in [6.45, 7) is 3.96. The van der Waals surface area contributed by atoms with E-state index in [1.165, 1.54) is 28.7 Å². The molecule has 29 heavy (non-hydrogen) atoms. The first-order chi connectivity index (χ1) is 14.0. The van der Waals surface area contributed by atoms with Gasteiger partial charge in [-0.2, -0.15) is 0 Å². The number of amides is 1. The lowest BCUT2D eigenvalue weighted by molar-refractivity contribution is -0.117. The molecule has 1 aliphatic rings. The van der Waals surface area contributed by atoms with Gasteiger partial charge in [0.15, 0.2) is 10.1 Å². The molecule has 7 heteroatoms. The van der Waals surface area contributed by atoms with E-state index in [0.29, 0.717) is 15.2 Å². The highest BCUT2D eigenvalue weighted by atomic mass is 32.2. The number of aryl methyl sites for hydroxylation is 2. The van der Waals surface area contributed by atoms with E-state index >= 15 is 0 Å². The van der Waals surface area contributed by atoms with Crippen LogP contribution >= 0.6 is 23.1 Å². The van der Waals surface area contributed by atoms with Crippen molar-refractivity contribution in [2.24, 2.45) is 5.92 Å². The van der Waals surface area contributed by atoms with Crippen molar-refractivity contribution in [2.75, 3.05) is 11.1 Å². The molecule has 0 unspecified atom stereocenters. The molecular weight excluding hydrogens is 402 g/mol. The minimum Gasteiger partial charge on any atom is -0.300 e. The second-order valence-electron chi connectivity index (χ2n) is 7.25. The van der Waals surface area contributed by atoms with Crippen LogP contribution in [0.25, 0.3) is 0 Å². The Morgan fingerprint density at radius 2 is 1.93 bits per heavy atom. The number of carbonyl (C=O) groups is 2. The molecule has 0 aliphatic heterocycles. The van der Waals surface area contributed by atoms with Gasteiger partial charge in [-0.3, -0.25) is 9.59 Å². The van der Waals surface area contributed by atoms with Crippen molar-refractivity contribution >= 4 is 39.9 Å². The van der Waals surface area contributed by atoms with Crippen molar-refractivity contribution in [3.05, 3.63) is 70.8 Å². The Balaban J connectivity index is 1.30. The first kappa shape index (κ1) is 19.8. The second-order valence-corrected chi connectivity index (χ2v) is 9.45. The monoisotopic (exact) mass is 423 g/mol. The highest BCUT2D eigenvalue weighted by Gasteiger charge is 2.44. The van der Waals surface area contributed by atoms with Crippen LogP contribution in [0.4, 0.5) is 5.13 Å². The number of nitrogens with zero attached hydrogens (tertiary/aromatic N) is 2. The van der Waals surface area contributed by atoms with Crippen LogP contribution in [0.5, 0.6) is 0 Å². The molecule has 1 fully saturated rings. The van der Waals surface area contributed by atoms with E-state index in [0.717, 1.165) is 23.1 Å². The quantitative estimate of drug-likeness (QED) is 0.333. The summed E-state index contributed by atoms with van der Waals surface area (Å²) >= 11 is 2.65. The third kappa shape index (κ3) is 4.74. The summed E-state index contributed by atoms with van der Waals surface area (Å²) in [4.78, 5) is 24.9. The topological polar surface area (TPSA) is 72.0 Å². The van der Waals surface area contributed by atoms with Gasteiger partial charge < -0.3 is 5.32 Å². The van der Waals surface area contributed by atoms with E-state index in [2.05, 4.69) is 27.6 Å². The molecule has 1 aromatic heterocycles. The van der Waals surface area contributed by atoms with E-state index in [1.807, 2.05) is 50.2 Å². The first-order valence-corrected chi connectivity index (χ1v) is 11.2. The molecule has 5 nitrogen and oxygen atoms in total.